The van der Waals surface area contributed by atoms with Crippen molar-refractivity contribution in [3.8, 4) is 5.75 Å². The second-order valence-electron chi connectivity index (χ2n) is 5.23. The number of ether oxygens (including phenoxy) is 1. The molecule has 0 fully saturated rings. The molecule has 2 aromatic carbocycles. The van der Waals surface area contributed by atoms with Crippen molar-refractivity contribution in [3.63, 3.8) is 0 Å². The normalized spacial score (nSPS) is 12.1. The fourth-order valence-electron chi connectivity index (χ4n) is 2.00. The van der Waals surface area contributed by atoms with Gasteiger partial charge in [-0.15, -0.1) is 0 Å². The molecule has 0 aliphatic heterocycles. The Bertz CT molecular complexity index is 635. The van der Waals surface area contributed by atoms with E-state index in [9.17, 15) is 4.79 Å². The van der Waals surface area contributed by atoms with Crippen molar-refractivity contribution < 1.29 is 9.53 Å². The van der Waals surface area contributed by atoms with Crippen LogP contribution >= 0.6 is 0 Å². The molecule has 1 unspecified atom stereocenters. The molecular weight excluding hydrogens is 274 g/mol. The molecule has 0 bridgehead atoms. The highest BCUT2D eigenvalue weighted by molar-refractivity contribution is 5.91. The van der Waals surface area contributed by atoms with Crippen LogP contribution in [-0.2, 0) is 4.79 Å². The molecule has 3 nitrogen and oxygen atoms in total. The van der Waals surface area contributed by atoms with Crippen LogP contribution in [0.5, 0.6) is 5.75 Å². The van der Waals surface area contributed by atoms with Gasteiger partial charge >= 0.3 is 0 Å². The number of rotatable bonds is 6. The van der Waals surface area contributed by atoms with E-state index in [0.717, 1.165) is 16.9 Å². The van der Waals surface area contributed by atoms with Crippen molar-refractivity contribution in [3.05, 3.63) is 71.8 Å². The number of amides is 1. The Labute approximate surface area is 131 Å². The molecule has 1 atom stereocenters. The zero-order chi connectivity index (χ0) is 15.8. The maximum Gasteiger partial charge on any atom is 0.244 e. The zero-order valence-corrected chi connectivity index (χ0v) is 13.0. The van der Waals surface area contributed by atoms with Crippen LogP contribution in [0.1, 0.15) is 18.1 Å². The molecule has 22 heavy (non-hydrogen) atoms. The van der Waals surface area contributed by atoms with Crippen molar-refractivity contribution in [2.45, 2.75) is 19.9 Å². The third kappa shape index (κ3) is 5.09. The summed E-state index contributed by atoms with van der Waals surface area (Å²) in [5.41, 5.74) is 2.09. The van der Waals surface area contributed by atoms with E-state index in [-0.39, 0.29) is 11.9 Å². The Kier molecular flexibility index (Phi) is 5.78. The molecule has 1 amide bonds. The first-order chi connectivity index (χ1) is 10.6. The third-order valence-corrected chi connectivity index (χ3v) is 3.20. The fourth-order valence-corrected chi connectivity index (χ4v) is 2.00. The molecule has 0 aliphatic rings. The summed E-state index contributed by atoms with van der Waals surface area (Å²) in [6, 6.07) is 17.5. The molecule has 2 aromatic rings. The molecule has 2 rings (SSSR count). The van der Waals surface area contributed by atoms with Gasteiger partial charge in [-0.05, 0) is 37.1 Å². The van der Waals surface area contributed by atoms with Crippen molar-refractivity contribution in [1.29, 1.82) is 0 Å². The summed E-state index contributed by atoms with van der Waals surface area (Å²) < 4.78 is 5.72. The predicted octanol–water partition coefficient (Wildman–Crippen LogP) is 3.59. The number of aryl methyl sites for hydroxylation is 1. The summed E-state index contributed by atoms with van der Waals surface area (Å²) in [7, 11) is 0. The Morgan fingerprint density at radius 2 is 1.82 bits per heavy atom. The van der Waals surface area contributed by atoms with Crippen LogP contribution in [0, 0.1) is 6.92 Å². The van der Waals surface area contributed by atoms with Crippen molar-refractivity contribution in [2.75, 3.05) is 6.61 Å². The number of hydrogen-bond donors (Lipinski definition) is 1. The Balaban J connectivity index is 1.79. The minimum Gasteiger partial charge on any atom is -0.491 e. The first kappa shape index (κ1) is 15.8. The molecular formula is C19H21NO2. The van der Waals surface area contributed by atoms with Gasteiger partial charge in [-0.1, -0.05) is 48.5 Å². The van der Waals surface area contributed by atoms with E-state index >= 15 is 0 Å². The largest absolute Gasteiger partial charge is 0.491 e. The standard InChI is InChI=1S/C19H21NO2/c1-15-8-6-7-11-18(15)22-14-16(2)20-19(21)13-12-17-9-4-3-5-10-17/h3-13,16H,14H2,1-2H3,(H,20,21)/b13-12+. The van der Waals surface area contributed by atoms with Crippen molar-refractivity contribution in [1.82, 2.24) is 5.32 Å². The van der Waals surface area contributed by atoms with Crippen molar-refractivity contribution >= 4 is 12.0 Å². The van der Waals surface area contributed by atoms with Crippen LogP contribution in [0.3, 0.4) is 0 Å². The molecule has 3 heteroatoms. The minimum absolute atomic E-state index is 0.0625. The lowest BCUT2D eigenvalue weighted by Crippen LogP contribution is -2.35. The number of para-hydroxylation sites is 1. The molecule has 0 radical (unpaired) electrons. The summed E-state index contributed by atoms with van der Waals surface area (Å²) in [6.45, 7) is 4.36. The molecule has 114 valence electrons. The number of carbonyl (C=O) groups excluding carboxylic acids is 1. The van der Waals surface area contributed by atoms with Gasteiger partial charge in [-0.2, -0.15) is 0 Å². The quantitative estimate of drug-likeness (QED) is 0.827. The average Bonchev–Trinajstić information content (AvgIpc) is 2.53. The lowest BCUT2D eigenvalue weighted by atomic mass is 10.2. The van der Waals surface area contributed by atoms with E-state index in [1.807, 2.05) is 68.4 Å². The highest BCUT2D eigenvalue weighted by Crippen LogP contribution is 2.16. The van der Waals surface area contributed by atoms with Crippen LogP contribution < -0.4 is 10.1 Å². The third-order valence-electron chi connectivity index (χ3n) is 3.20. The van der Waals surface area contributed by atoms with Crippen LogP contribution in [0.4, 0.5) is 0 Å². The van der Waals surface area contributed by atoms with Gasteiger partial charge in [0.25, 0.3) is 0 Å². The molecule has 0 aliphatic carbocycles. The Morgan fingerprint density at radius 3 is 2.55 bits per heavy atom. The van der Waals surface area contributed by atoms with Crippen LogP contribution in [0.2, 0.25) is 0 Å². The summed E-state index contributed by atoms with van der Waals surface area (Å²) in [4.78, 5) is 11.9. The second kappa shape index (κ2) is 8.03. The highest BCUT2D eigenvalue weighted by atomic mass is 16.5. The SMILES string of the molecule is Cc1ccccc1OCC(C)NC(=O)/C=C/c1ccccc1. The molecule has 1 N–H and O–H groups in total. The fraction of sp³-hybridized carbons (Fsp3) is 0.211. The van der Waals surface area contributed by atoms with Crippen molar-refractivity contribution in [2.24, 2.45) is 0 Å². The van der Waals surface area contributed by atoms with E-state index in [4.69, 9.17) is 4.74 Å². The minimum atomic E-state index is -0.121. The topological polar surface area (TPSA) is 38.3 Å². The number of benzene rings is 2. The van der Waals surface area contributed by atoms with E-state index in [0.29, 0.717) is 6.61 Å². The maximum atomic E-state index is 11.9. The molecule has 0 aromatic heterocycles. The van der Waals surface area contributed by atoms with Gasteiger partial charge in [-0.3, -0.25) is 4.79 Å². The number of nitrogens with one attached hydrogen (secondary N) is 1. The monoisotopic (exact) mass is 295 g/mol. The summed E-state index contributed by atoms with van der Waals surface area (Å²) >= 11 is 0. The van der Waals surface area contributed by atoms with E-state index in [2.05, 4.69) is 5.32 Å². The van der Waals surface area contributed by atoms with Crippen LogP contribution in [-0.4, -0.2) is 18.6 Å². The second-order valence-corrected chi connectivity index (χ2v) is 5.23. The molecule has 0 heterocycles. The lowest BCUT2D eigenvalue weighted by Gasteiger charge is -2.15. The van der Waals surface area contributed by atoms with Crippen LogP contribution in [0.15, 0.2) is 60.7 Å². The smallest absolute Gasteiger partial charge is 0.244 e. The Morgan fingerprint density at radius 1 is 1.14 bits per heavy atom. The van der Waals surface area contributed by atoms with E-state index in [1.54, 1.807) is 12.2 Å². The molecule has 0 saturated heterocycles. The molecule has 0 saturated carbocycles. The zero-order valence-electron chi connectivity index (χ0n) is 13.0. The van der Waals surface area contributed by atoms with E-state index in [1.165, 1.54) is 0 Å². The maximum absolute atomic E-state index is 11.9. The average molecular weight is 295 g/mol. The van der Waals surface area contributed by atoms with Gasteiger partial charge in [0.2, 0.25) is 5.91 Å². The molecule has 0 spiro atoms. The first-order valence-electron chi connectivity index (χ1n) is 7.37. The van der Waals surface area contributed by atoms with E-state index < -0.39 is 0 Å². The van der Waals surface area contributed by atoms with Gasteiger partial charge in [0.15, 0.2) is 0 Å². The summed E-state index contributed by atoms with van der Waals surface area (Å²) in [5.74, 6) is 0.730. The van der Waals surface area contributed by atoms with Gasteiger partial charge in [0.05, 0.1) is 6.04 Å². The van der Waals surface area contributed by atoms with Gasteiger partial charge in [0, 0.05) is 6.08 Å². The van der Waals surface area contributed by atoms with Crippen LogP contribution in [0.25, 0.3) is 6.08 Å². The van der Waals surface area contributed by atoms with Gasteiger partial charge < -0.3 is 10.1 Å². The number of carbonyl (C=O) groups is 1. The van der Waals surface area contributed by atoms with Gasteiger partial charge in [0.1, 0.15) is 12.4 Å². The first-order valence-corrected chi connectivity index (χ1v) is 7.37. The van der Waals surface area contributed by atoms with Gasteiger partial charge in [-0.25, -0.2) is 0 Å². The Hall–Kier alpha value is -2.55. The lowest BCUT2D eigenvalue weighted by molar-refractivity contribution is -0.117. The summed E-state index contributed by atoms with van der Waals surface area (Å²) in [5, 5.41) is 2.89. The highest BCUT2D eigenvalue weighted by Gasteiger charge is 2.06. The summed E-state index contributed by atoms with van der Waals surface area (Å²) in [6.07, 6.45) is 3.34. The predicted molar refractivity (Wildman–Crippen MR) is 89.8 cm³/mol. The number of hydrogen-bond acceptors (Lipinski definition) is 2.